The fourth-order valence-corrected chi connectivity index (χ4v) is 0.500. The molecule has 0 aliphatic rings. The van der Waals surface area contributed by atoms with Crippen LogP contribution in [-0.4, -0.2) is 0 Å². The Kier molecular flexibility index (Phi) is 35.8. The van der Waals surface area contributed by atoms with Gasteiger partial charge in [0, 0.05) is 0 Å². The SMILES string of the molecule is [CH2-]CCCC.[CH2-]CCCC.[Cu+2]. The monoisotopic (exact) mass is 205 g/mol. The average Bonchev–Trinajstić information content (AvgIpc) is 1.93. The number of rotatable bonds is 4. The molecule has 0 saturated carbocycles. The van der Waals surface area contributed by atoms with Gasteiger partial charge in [-0.3, -0.25) is 0 Å². The second kappa shape index (κ2) is 22.4. The van der Waals surface area contributed by atoms with E-state index in [0.717, 1.165) is 12.8 Å². The molecule has 0 rings (SSSR count). The molecular weight excluding hydrogens is 184 g/mol. The summed E-state index contributed by atoms with van der Waals surface area (Å²) in [7, 11) is 0. The maximum absolute atomic E-state index is 3.68. The zero-order chi connectivity index (χ0) is 8.24. The van der Waals surface area contributed by atoms with Crippen molar-refractivity contribution in [2.75, 3.05) is 0 Å². The summed E-state index contributed by atoms with van der Waals surface area (Å²) in [6, 6.07) is 0. The van der Waals surface area contributed by atoms with Crippen molar-refractivity contribution in [3.8, 4) is 0 Å². The Morgan fingerprint density at radius 3 is 1.09 bits per heavy atom. The van der Waals surface area contributed by atoms with Crippen LogP contribution in [0.3, 0.4) is 0 Å². The van der Waals surface area contributed by atoms with Crippen molar-refractivity contribution in [1.82, 2.24) is 0 Å². The minimum absolute atomic E-state index is 0. The van der Waals surface area contributed by atoms with Crippen LogP contribution in [0.15, 0.2) is 0 Å². The van der Waals surface area contributed by atoms with Gasteiger partial charge in [-0.1, -0.05) is 39.5 Å². The molecule has 0 aromatic rings. The molecule has 73 valence electrons. The van der Waals surface area contributed by atoms with Crippen molar-refractivity contribution in [3.63, 3.8) is 0 Å². The molecule has 1 radical (unpaired) electrons. The Bertz CT molecular complexity index is 25.9. The summed E-state index contributed by atoms with van der Waals surface area (Å²) in [5, 5.41) is 0. The minimum Gasteiger partial charge on any atom is -0.343 e. The normalized spacial score (nSPS) is 7.64. The maximum atomic E-state index is 3.68. The van der Waals surface area contributed by atoms with E-state index in [4.69, 9.17) is 0 Å². The largest absolute Gasteiger partial charge is 2.00 e. The van der Waals surface area contributed by atoms with E-state index in [-0.39, 0.29) is 17.1 Å². The van der Waals surface area contributed by atoms with E-state index in [1.165, 1.54) is 25.7 Å². The van der Waals surface area contributed by atoms with Crippen LogP contribution in [-0.2, 0) is 17.1 Å². The van der Waals surface area contributed by atoms with Gasteiger partial charge >= 0.3 is 17.1 Å². The average molecular weight is 206 g/mol. The second-order valence-electron chi connectivity index (χ2n) is 2.41. The van der Waals surface area contributed by atoms with Crippen LogP contribution < -0.4 is 0 Å². The summed E-state index contributed by atoms with van der Waals surface area (Å²) in [5.41, 5.74) is 0. The van der Waals surface area contributed by atoms with Crippen molar-refractivity contribution in [2.24, 2.45) is 0 Å². The molecule has 0 aromatic carbocycles. The maximum Gasteiger partial charge on any atom is 2.00 e. The summed E-state index contributed by atoms with van der Waals surface area (Å²) in [4.78, 5) is 0. The molecule has 11 heavy (non-hydrogen) atoms. The summed E-state index contributed by atoms with van der Waals surface area (Å²) < 4.78 is 0. The minimum atomic E-state index is 0. The molecule has 0 amide bonds. The predicted octanol–water partition coefficient (Wildman–Crippen LogP) is 4.02. The second-order valence-corrected chi connectivity index (χ2v) is 2.41. The summed E-state index contributed by atoms with van der Waals surface area (Å²) in [6.07, 6.45) is 7.31. The Balaban J connectivity index is -0.000000107. The molecule has 1 heteroatoms. The molecule has 0 nitrogen and oxygen atoms in total. The molecule has 0 spiro atoms. The van der Waals surface area contributed by atoms with E-state index >= 15 is 0 Å². The van der Waals surface area contributed by atoms with E-state index in [9.17, 15) is 0 Å². The van der Waals surface area contributed by atoms with Crippen LogP contribution in [0.1, 0.15) is 52.4 Å². The van der Waals surface area contributed by atoms with Crippen LogP contribution in [0.25, 0.3) is 0 Å². The van der Waals surface area contributed by atoms with E-state index in [2.05, 4.69) is 27.7 Å². The van der Waals surface area contributed by atoms with E-state index in [1.54, 1.807) is 0 Å². The molecule has 0 unspecified atom stereocenters. The van der Waals surface area contributed by atoms with E-state index in [1.807, 2.05) is 0 Å². The van der Waals surface area contributed by atoms with Gasteiger partial charge in [0.05, 0.1) is 0 Å². The van der Waals surface area contributed by atoms with Crippen molar-refractivity contribution in [3.05, 3.63) is 13.8 Å². The Morgan fingerprint density at radius 2 is 1.09 bits per heavy atom. The van der Waals surface area contributed by atoms with Crippen LogP contribution >= 0.6 is 0 Å². The van der Waals surface area contributed by atoms with E-state index in [0.29, 0.717) is 0 Å². The van der Waals surface area contributed by atoms with Crippen LogP contribution in [0.4, 0.5) is 0 Å². The molecule has 0 N–H and O–H groups in total. The first-order valence-electron chi connectivity index (χ1n) is 4.41. The molecule has 0 fully saturated rings. The van der Waals surface area contributed by atoms with Crippen molar-refractivity contribution >= 4 is 0 Å². The molecule has 0 bridgehead atoms. The molecule has 0 aliphatic heterocycles. The van der Waals surface area contributed by atoms with Crippen LogP contribution in [0.5, 0.6) is 0 Å². The first-order valence-corrected chi connectivity index (χ1v) is 4.41. The van der Waals surface area contributed by atoms with Crippen molar-refractivity contribution in [2.45, 2.75) is 52.4 Å². The third kappa shape index (κ3) is 37.4. The fourth-order valence-electron chi connectivity index (χ4n) is 0.500. The zero-order valence-corrected chi connectivity index (χ0v) is 8.90. The van der Waals surface area contributed by atoms with Gasteiger partial charge in [0.25, 0.3) is 0 Å². The van der Waals surface area contributed by atoms with Gasteiger partial charge in [-0.05, 0) is 0 Å². The first kappa shape index (κ1) is 17.6. The number of hydrogen-bond acceptors (Lipinski definition) is 0. The third-order valence-corrected chi connectivity index (χ3v) is 1.21. The Labute approximate surface area is 83.6 Å². The van der Waals surface area contributed by atoms with Gasteiger partial charge in [0.15, 0.2) is 0 Å². The van der Waals surface area contributed by atoms with E-state index < -0.39 is 0 Å². The quantitative estimate of drug-likeness (QED) is 0.481. The third-order valence-electron chi connectivity index (χ3n) is 1.21. The molecule has 0 aromatic heterocycles. The van der Waals surface area contributed by atoms with Gasteiger partial charge in [0.1, 0.15) is 0 Å². The molecule has 0 aliphatic carbocycles. The summed E-state index contributed by atoms with van der Waals surface area (Å²) in [5.74, 6) is 0. The number of unbranched alkanes of at least 4 members (excludes halogenated alkanes) is 4. The fraction of sp³-hybridized carbons (Fsp3) is 0.800. The van der Waals surface area contributed by atoms with Gasteiger partial charge in [-0.2, -0.15) is 12.8 Å². The summed E-state index contributed by atoms with van der Waals surface area (Å²) >= 11 is 0. The molecule has 0 atom stereocenters. The first-order chi connectivity index (χ1) is 4.83. The molecule has 0 heterocycles. The standard InChI is InChI=1S/2C5H11.Cu/c2*1-3-5-4-2;/h2*1,3-5H2,2H3;/q2*-1;+2. The van der Waals surface area contributed by atoms with Crippen LogP contribution in [0.2, 0.25) is 0 Å². The molecule has 0 saturated heterocycles. The van der Waals surface area contributed by atoms with Gasteiger partial charge in [-0.15, -0.1) is 0 Å². The Morgan fingerprint density at radius 1 is 0.818 bits per heavy atom. The summed E-state index contributed by atoms with van der Waals surface area (Å²) in [6.45, 7) is 11.7. The smallest absolute Gasteiger partial charge is 0.343 e. The number of hydrogen-bond donors (Lipinski definition) is 0. The molecular formula is C10H22Cu. The predicted molar refractivity (Wildman–Crippen MR) is 49.8 cm³/mol. The zero-order valence-electron chi connectivity index (χ0n) is 7.96. The van der Waals surface area contributed by atoms with Crippen LogP contribution in [0, 0.1) is 13.8 Å². The Hall–Kier alpha value is 0.519. The van der Waals surface area contributed by atoms with Gasteiger partial charge in [-0.25, -0.2) is 0 Å². The van der Waals surface area contributed by atoms with Gasteiger partial charge in [0.2, 0.25) is 0 Å². The van der Waals surface area contributed by atoms with Gasteiger partial charge < -0.3 is 13.8 Å². The van der Waals surface area contributed by atoms with Crippen molar-refractivity contribution in [1.29, 1.82) is 0 Å². The van der Waals surface area contributed by atoms with Crippen molar-refractivity contribution < 1.29 is 17.1 Å². The topological polar surface area (TPSA) is 0 Å².